The second kappa shape index (κ2) is 8.18. The van der Waals surface area contributed by atoms with Gasteiger partial charge in [0.2, 0.25) is 0 Å². The predicted molar refractivity (Wildman–Crippen MR) is 108 cm³/mol. The minimum absolute atomic E-state index is 0.166. The molecule has 1 aliphatic heterocycles. The van der Waals surface area contributed by atoms with Gasteiger partial charge in [0.1, 0.15) is 0 Å². The summed E-state index contributed by atoms with van der Waals surface area (Å²) in [6.07, 6.45) is 1.77. The van der Waals surface area contributed by atoms with E-state index in [0.717, 1.165) is 5.56 Å². The van der Waals surface area contributed by atoms with Crippen LogP contribution < -0.4 is 9.47 Å². The number of ether oxygens (including phenoxy) is 2. The first kappa shape index (κ1) is 19.5. The molecule has 3 rings (SSSR count). The van der Waals surface area contributed by atoms with Gasteiger partial charge < -0.3 is 14.6 Å². The van der Waals surface area contributed by atoms with Gasteiger partial charge in [0.25, 0.3) is 5.91 Å². The van der Waals surface area contributed by atoms with Crippen molar-refractivity contribution in [3.05, 3.63) is 58.5 Å². The van der Waals surface area contributed by atoms with Crippen molar-refractivity contribution in [2.24, 2.45) is 4.99 Å². The smallest absolute Gasteiger partial charge is 0.335 e. The SMILES string of the molecule is COc1ccc(/C=C2\SC(=Nc3ccc(C(=O)O)cc3)N(C)C2=O)cc1OC. The van der Waals surface area contributed by atoms with Crippen LogP contribution in [0, 0.1) is 0 Å². The maximum Gasteiger partial charge on any atom is 0.335 e. The molecule has 2 aromatic rings. The Morgan fingerprint density at radius 2 is 1.79 bits per heavy atom. The molecule has 1 heterocycles. The van der Waals surface area contributed by atoms with Gasteiger partial charge in [-0.3, -0.25) is 9.69 Å². The minimum Gasteiger partial charge on any atom is -0.493 e. The van der Waals surface area contributed by atoms with E-state index >= 15 is 0 Å². The lowest BCUT2D eigenvalue weighted by molar-refractivity contribution is -0.121. The van der Waals surface area contributed by atoms with E-state index in [1.165, 1.54) is 28.8 Å². The Labute approximate surface area is 166 Å². The normalized spacial score (nSPS) is 16.7. The number of amidine groups is 1. The standard InChI is InChI=1S/C20H18N2O5S/c1-22-18(23)17(11-12-4-9-15(26-2)16(10-12)27-3)28-20(22)21-14-7-5-13(6-8-14)19(24)25/h4-11H,1-3H3,(H,24,25)/b17-11-,21-20?. The van der Waals surface area contributed by atoms with E-state index in [1.54, 1.807) is 51.6 Å². The second-order valence-electron chi connectivity index (χ2n) is 5.84. The molecule has 1 fully saturated rings. The summed E-state index contributed by atoms with van der Waals surface area (Å²) in [6, 6.07) is 11.6. The van der Waals surface area contributed by atoms with Crippen molar-refractivity contribution < 1.29 is 24.2 Å². The summed E-state index contributed by atoms with van der Waals surface area (Å²) in [4.78, 5) is 29.9. The summed E-state index contributed by atoms with van der Waals surface area (Å²) in [5.74, 6) is 0.0230. The quantitative estimate of drug-likeness (QED) is 0.774. The summed E-state index contributed by atoms with van der Waals surface area (Å²) in [5, 5.41) is 9.48. The fraction of sp³-hybridized carbons (Fsp3) is 0.150. The van der Waals surface area contributed by atoms with Gasteiger partial charge in [-0.2, -0.15) is 0 Å². The van der Waals surface area contributed by atoms with Crippen LogP contribution in [0.3, 0.4) is 0 Å². The Morgan fingerprint density at radius 3 is 2.39 bits per heavy atom. The molecule has 1 N–H and O–H groups in total. The van der Waals surface area contributed by atoms with Gasteiger partial charge in [-0.25, -0.2) is 9.79 Å². The molecule has 1 saturated heterocycles. The highest BCUT2D eigenvalue weighted by atomic mass is 32.2. The fourth-order valence-corrected chi connectivity index (χ4v) is 3.52. The van der Waals surface area contributed by atoms with Gasteiger partial charge in [0, 0.05) is 7.05 Å². The molecule has 8 heteroatoms. The monoisotopic (exact) mass is 398 g/mol. The molecule has 0 radical (unpaired) electrons. The molecule has 0 atom stereocenters. The van der Waals surface area contributed by atoms with Crippen molar-refractivity contribution >= 4 is 40.6 Å². The van der Waals surface area contributed by atoms with E-state index < -0.39 is 5.97 Å². The van der Waals surface area contributed by atoms with Gasteiger partial charge in [-0.15, -0.1) is 0 Å². The Kier molecular flexibility index (Phi) is 5.70. The second-order valence-corrected chi connectivity index (χ2v) is 6.84. The molecular formula is C20H18N2O5S. The number of methoxy groups -OCH3 is 2. The van der Waals surface area contributed by atoms with Gasteiger partial charge >= 0.3 is 5.97 Å². The molecule has 1 amide bonds. The van der Waals surface area contributed by atoms with Crippen LogP contribution in [-0.2, 0) is 4.79 Å². The van der Waals surface area contributed by atoms with E-state index in [2.05, 4.69) is 4.99 Å². The Morgan fingerprint density at radius 1 is 1.11 bits per heavy atom. The van der Waals surface area contributed by atoms with Crippen molar-refractivity contribution in [2.45, 2.75) is 0 Å². The first-order valence-corrected chi connectivity index (χ1v) is 9.06. The third kappa shape index (κ3) is 4.01. The number of hydrogen-bond acceptors (Lipinski definition) is 6. The van der Waals surface area contributed by atoms with Crippen LogP contribution in [0.5, 0.6) is 11.5 Å². The molecule has 0 unspecified atom stereocenters. The number of benzene rings is 2. The van der Waals surface area contributed by atoms with Crippen LogP contribution in [0.15, 0.2) is 52.4 Å². The molecule has 28 heavy (non-hydrogen) atoms. The van der Waals surface area contributed by atoms with E-state index in [1.807, 2.05) is 6.07 Å². The molecule has 2 aromatic carbocycles. The zero-order valence-corrected chi connectivity index (χ0v) is 16.3. The highest BCUT2D eigenvalue weighted by molar-refractivity contribution is 8.18. The molecule has 0 saturated carbocycles. The number of carboxylic acid groups (broad SMARTS) is 1. The largest absolute Gasteiger partial charge is 0.493 e. The number of nitrogens with zero attached hydrogens (tertiary/aromatic N) is 2. The van der Waals surface area contributed by atoms with Crippen LogP contribution in [-0.4, -0.2) is 48.3 Å². The van der Waals surface area contributed by atoms with Crippen LogP contribution in [0.2, 0.25) is 0 Å². The molecule has 0 bridgehead atoms. The molecule has 0 aliphatic carbocycles. The average molecular weight is 398 g/mol. The zero-order valence-electron chi connectivity index (χ0n) is 15.5. The molecule has 144 valence electrons. The lowest BCUT2D eigenvalue weighted by Crippen LogP contribution is -2.23. The predicted octanol–water partition coefficient (Wildman–Crippen LogP) is 3.64. The zero-order chi connectivity index (χ0) is 20.3. The van der Waals surface area contributed by atoms with Crippen molar-refractivity contribution in [3.8, 4) is 11.5 Å². The molecule has 0 spiro atoms. The number of aliphatic imine (C=N–C) groups is 1. The number of carbonyl (C=O) groups excluding carboxylic acids is 1. The van der Waals surface area contributed by atoms with Crippen LogP contribution in [0.4, 0.5) is 5.69 Å². The molecule has 7 nitrogen and oxygen atoms in total. The van der Waals surface area contributed by atoms with Crippen LogP contribution in [0.25, 0.3) is 6.08 Å². The number of rotatable bonds is 5. The summed E-state index contributed by atoms with van der Waals surface area (Å²) < 4.78 is 10.5. The number of carbonyl (C=O) groups is 2. The summed E-state index contributed by atoms with van der Waals surface area (Å²) >= 11 is 1.25. The summed E-state index contributed by atoms with van der Waals surface area (Å²) in [6.45, 7) is 0. The number of carboxylic acids is 1. The van der Waals surface area contributed by atoms with Gasteiger partial charge in [-0.1, -0.05) is 6.07 Å². The third-order valence-corrected chi connectivity index (χ3v) is 5.11. The van der Waals surface area contributed by atoms with E-state index in [9.17, 15) is 9.59 Å². The first-order chi connectivity index (χ1) is 13.4. The lowest BCUT2D eigenvalue weighted by atomic mass is 10.2. The summed E-state index contributed by atoms with van der Waals surface area (Å²) in [7, 11) is 4.76. The Balaban J connectivity index is 1.86. The topological polar surface area (TPSA) is 88.4 Å². The number of likely N-dealkylation sites (N-methyl/N-ethyl adjacent to an activating group) is 1. The van der Waals surface area contributed by atoms with Gasteiger partial charge in [0.15, 0.2) is 16.7 Å². The van der Waals surface area contributed by atoms with Crippen LogP contribution >= 0.6 is 11.8 Å². The van der Waals surface area contributed by atoms with Gasteiger partial charge in [-0.05, 0) is 59.8 Å². The minimum atomic E-state index is -0.998. The number of amides is 1. The lowest BCUT2D eigenvalue weighted by Gasteiger charge is -2.08. The third-order valence-electron chi connectivity index (χ3n) is 4.05. The Hall–Kier alpha value is -3.26. The van der Waals surface area contributed by atoms with E-state index in [-0.39, 0.29) is 11.5 Å². The van der Waals surface area contributed by atoms with Crippen molar-refractivity contribution in [2.75, 3.05) is 21.3 Å². The highest BCUT2D eigenvalue weighted by Gasteiger charge is 2.30. The van der Waals surface area contributed by atoms with Crippen molar-refractivity contribution in [3.63, 3.8) is 0 Å². The fourth-order valence-electron chi connectivity index (χ4n) is 2.53. The van der Waals surface area contributed by atoms with Gasteiger partial charge in [0.05, 0.1) is 30.4 Å². The van der Waals surface area contributed by atoms with Crippen LogP contribution in [0.1, 0.15) is 15.9 Å². The number of thioether (sulfide) groups is 1. The average Bonchev–Trinajstić information content (AvgIpc) is 2.96. The molecule has 0 aromatic heterocycles. The Bertz CT molecular complexity index is 983. The maximum absolute atomic E-state index is 12.6. The first-order valence-electron chi connectivity index (χ1n) is 8.24. The number of aromatic carboxylic acids is 1. The van der Waals surface area contributed by atoms with E-state index in [4.69, 9.17) is 14.6 Å². The highest BCUT2D eigenvalue weighted by Crippen LogP contribution is 2.35. The van der Waals surface area contributed by atoms with Crippen molar-refractivity contribution in [1.29, 1.82) is 0 Å². The maximum atomic E-state index is 12.6. The van der Waals surface area contributed by atoms with E-state index in [0.29, 0.717) is 27.3 Å². The number of hydrogen-bond donors (Lipinski definition) is 1. The summed E-state index contributed by atoms with van der Waals surface area (Å²) in [5.41, 5.74) is 1.55. The van der Waals surface area contributed by atoms with Crippen molar-refractivity contribution in [1.82, 2.24) is 4.90 Å². The molecule has 1 aliphatic rings. The molecular weight excluding hydrogens is 380 g/mol.